The fraction of sp³-hybridized carbons (Fsp3) is 0.692. The van der Waals surface area contributed by atoms with Gasteiger partial charge in [0.05, 0.1) is 17.8 Å². The lowest BCUT2D eigenvalue weighted by Gasteiger charge is -2.30. The molecule has 0 bridgehead atoms. The van der Waals surface area contributed by atoms with E-state index in [1.165, 1.54) is 4.68 Å². The molecule has 2 N–H and O–H groups in total. The van der Waals surface area contributed by atoms with E-state index in [4.69, 9.17) is 0 Å². The lowest BCUT2D eigenvalue weighted by Crippen LogP contribution is -2.32. The molecule has 0 aliphatic heterocycles. The SMILES string of the molecule is CNC(=O)Cn1cc(NC2CCC(C(F)(F)F)CC2)cn1. The lowest BCUT2D eigenvalue weighted by molar-refractivity contribution is -0.182. The highest BCUT2D eigenvalue weighted by Gasteiger charge is 2.41. The molecule has 1 aliphatic carbocycles. The van der Waals surface area contributed by atoms with Gasteiger partial charge in [0, 0.05) is 19.3 Å². The van der Waals surface area contributed by atoms with Crippen LogP contribution >= 0.6 is 0 Å². The normalized spacial score (nSPS) is 22.9. The highest BCUT2D eigenvalue weighted by atomic mass is 19.4. The first-order chi connectivity index (χ1) is 9.88. The first-order valence-corrected chi connectivity index (χ1v) is 6.94. The second-order valence-electron chi connectivity index (χ2n) is 5.33. The number of likely N-dealkylation sites (N-methyl/N-ethyl adjacent to an activating group) is 1. The van der Waals surface area contributed by atoms with E-state index in [1.54, 1.807) is 19.4 Å². The molecule has 1 fully saturated rings. The van der Waals surface area contributed by atoms with Gasteiger partial charge in [0.25, 0.3) is 0 Å². The molecule has 0 saturated heterocycles. The Balaban J connectivity index is 1.82. The lowest BCUT2D eigenvalue weighted by atomic mass is 9.85. The minimum atomic E-state index is -4.08. The Morgan fingerprint density at radius 3 is 2.62 bits per heavy atom. The number of carbonyl (C=O) groups is 1. The number of halogens is 3. The molecule has 1 heterocycles. The average molecular weight is 304 g/mol. The van der Waals surface area contributed by atoms with Crippen molar-refractivity contribution < 1.29 is 18.0 Å². The first kappa shape index (κ1) is 15.7. The smallest absolute Gasteiger partial charge is 0.380 e. The van der Waals surface area contributed by atoms with Crippen molar-refractivity contribution in [2.24, 2.45) is 5.92 Å². The molecule has 1 aliphatic rings. The summed E-state index contributed by atoms with van der Waals surface area (Å²) < 4.78 is 39.2. The molecule has 1 saturated carbocycles. The van der Waals surface area contributed by atoms with Crippen molar-refractivity contribution in [1.29, 1.82) is 0 Å². The second-order valence-corrected chi connectivity index (χ2v) is 5.33. The minimum Gasteiger partial charge on any atom is -0.380 e. The van der Waals surface area contributed by atoms with Gasteiger partial charge < -0.3 is 10.6 Å². The van der Waals surface area contributed by atoms with E-state index in [2.05, 4.69) is 15.7 Å². The summed E-state index contributed by atoms with van der Waals surface area (Å²) >= 11 is 0. The molecular formula is C13H19F3N4O. The topological polar surface area (TPSA) is 59.0 Å². The molecule has 21 heavy (non-hydrogen) atoms. The maximum Gasteiger partial charge on any atom is 0.391 e. The van der Waals surface area contributed by atoms with Crippen LogP contribution in [0.2, 0.25) is 0 Å². The van der Waals surface area contributed by atoms with Crippen LogP contribution in [0.15, 0.2) is 12.4 Å². The van der Waals surface area contributed by atoms with Gasteiger partial charge in [-0.3, -0.25) is 9.48 Å². The predicted molar refractivity (Wildman–Crippen MR) is 71.7 cm³/mol. The van der Waals surface area contributed by atoms with Crippen molar-refractivity contribution >= 4 is 11.6 Å². The maximum atomic E-state index is 12.6. The Kier molecular flexibility index (Phi) is 4.74. The summed E-state index contributed by atoms with van der Waals surface area (Å²) in [5, 5.41) is 9.72. The molecule has 1 amide bonds. The number of alkyl halides is 3. The summed E-state index contributed by atoms with van der Waals surface area (Å²) in [6.07, 6.45) is 0.490. The maximum absolute atomic E-state index is 12.6. The van der Waals surface area contributed by atoms with Gasteiger partial charge in [0.2, 0.25) is 5.91 Å². The van der Waals surface area contributed by atoms with Gasteiger partial charge in [0.1, 0.15) is 6.54 Å². The number of amides is 1. The molecule has 2 rings (SSSR count). The van der Waals surface area contributed by atoms with Gasteiger partial charge in [-0.05, 0) is 25.7 Å². The fourth-order valence-corrected chi connectivity index (χ4v) is 2.55. The summed E-state index contributed by atoms with van der Waals surface area (Å²) in [5.74, 6) is -1.33. The predicted octanol–water partition coefficient (Wildman–Crippen LogP) is 2.16. The molecule has 0 spiro atoms. The van der Waals surface area contributed by atoms with Crippen LogP contribution in [0.25, 0.3) is 0 Å². The number of hydrogen-bond donors (Lipinski definition) is 2. The summed E-state index contributed by atoms with van der Waals surface area (Å²) in [4.78, 5) is 11.2. The summed E-state index contributed by atoms with van der Waals surface area (Å²) in [5.41, 5.74) is 0.731. The van der Waals surface area contributed by atoms with Crippen molar-refractivity contribution in [2.75, 3.05) is 12.4 Å². The van der Waals surface area contributed by atoms with Crippen LogP contribution in [0.5, 0.6) is 0 Å². The Hall–Kier alpha value is -1.73. The van der Waals surface area contributed by atoms with E-state index >= 15 is 0 Å². The van der Waals surface area contributed by atoms with Crippen molar-refractivity contribution in [3.8, 4) is 0 Å². The number of rotatable bonds is 4. The van der Waals surface area contributed by atoms with Gasteiger partial charge in [-0.2, -0.15) is 18.3 Å². The zero-order valence-electron chi connectivity index (χ0n) is 11.8. The zero-order chi connectivity index (χ0) is 15.5. The van der Waals surface area contributed by atoms with Crippen molar-refractivity contribution in [2.45, 2.75) is 44.4 Å². The van der Waals surface area contributed by atoms with Gasteiger partial charge >= 0.3 is 6.18 Å². The summed E-state index contributed by atoms with van der Waals surface area (Å²) in [7, 11) is 1.55. The van der Waals surface area contributed by atoms with Crippen molar-refractivity contribution in [3.63, 3.8) is 0 Å². The number of nitrogens with one attached hydrogen (secondary N) is 2. The molecule has 0 aromatic carbocycles. The highest BCUT2D eigenvalue weighted by molar-refractivity contribution is 5.75. The number of aromatic nitrogens is 2. The minimum absolute atomic E-state index is 0.0289. The molecule has 118 valence electrons. The van der Waals surface area contributed by atoms with E-state index in [0.717, 1.165) is 5.69 Å². The van der Waals surface area contributed by atoms with Crippen LogP contribution in [0.3, 0.4) is 0 Å². The third-order valence-corrected chi connectivity index (χ3v) is 3.78. The Bertz CT molecular complexity index is 478. The third kappa shape index (κ3) is 4.37. The van der Waals surface area contributed by atoms with Gasteiger partial charge in [0.15, 0.2) is 0 Å². The number of nitrogens with zero attached hydrogens (tertiary/aromatic N) is 2. The van der Waals surface area contributed by atoms with Crippen LogP contribution in [0, 0.1) is 5.92 Å². The van der Waals surface area contributed by atoms with Crippen LogP contribution in [-0.4, -0.2) is 35.0 Å². The van der Waals surface area contributed by atoms with E-state index in [1.807, 2.05) is 0 Å². The van der Waals surface area contributed by atoms with Gasteiger partial charge in [-0.25, -0.2) is 0 Å². The van der Waals surface area contributed by atoms with E-state index in [0.29, 0.717) is 12.8 Å². The van der Waals surface area contributed by atoms with E-state index in [-0.39, 0.29) is 31.3 Å². The van der Waals surface area contributed by atoms with Crippen LogP contribution in [0.4, 0.5) is 18.9 Å². The number of carbonyl (C=O) groups excluding carboxylic acids is 1. The Morgan fingerprint density at radius 2 is 2.05 bits per heavy atom. The Morgan fingerprint density at radius 1 is 1.38 bits per heavy atom. The molecule has 1 aromatic heterocycles. The van der Waals surface area contributed by atoms with Crippen LogP contribution in [-0.2, 0) is 11.3 Å². The monoisotopic (exact) mass is 304 g/mol. The summed E-state index contributed by atoms with van der Waals surface area (Å²) in [6, 6.07) is 0.0289. The quantitative estimate of drug-likeness (QED) is 0.896. The second kappa shape index (κ2) is 6.36. The van der Waals surface area contributed by atoms with Crippen LogP contribution in [0.1, 0.15) is 25.7 Å². The summed E-state index contributed by atoms with van der Waals surface area (Å²) in [6.45, 7) is 0.124. The fourth-order valence-electron chi connectivity index (χ4n) is 2.55. The van der Waals surface area contributed by atoms with Gasteiger partial charge in [-0.1, -0.05) is 0 Å². The van der Waals surface area contributed by atoms with Crippen LogP contribution < -0.4 is 10.6 Å². The first-order valence-electron chi connectivity index (χ1n) is 6.94. The Labute approximate surface area is 120 Å². The number of hydrogen-bond acceptors (Lipinski definition) is 3. The standard InChI is InChI=1S/C13H19F3N4O/c1-17-12(21)8-20-7-11(6-18-20)19-10-4-2-9(3-5-10)13(14,15)16/h6-7,9-10,19H,2-5,8H2,1H3,(H,17,21). The van der Waals surface area contributed by atoms with Crippen molar-refractivity contribution in [1.82, 2.24) is 15.1 Å². The van der Waals surface area contributed by atoms with Gasteiger partial charge in [-0.15, -0.1) is 0 Å². The number of anilines is 1. The molecule has 8 heteroatoms. The van der Waals surface area contributed by atoms with E-state index < -0.39 is 12.1 Å². The molecule has 0 radical (unpaired) electrons. The molecule has 1 aromatic rings. The average Bonchev–Trinajstić information content (AvgIpc) is 2.85. The van der Waals surface area contributed by atoms with Crippen molar-refractivity contribution in [3.05, 3.63) is 12.4 Å². The molecule has 0 unspecified atom stereocenters. The zero-order valence-corrected chi connectivity index (χ0v) is 11.8. The highest BCUT2D eigenvalue weighted by Crippen LogP contribution is 2.38. The molecule has 0 atom stereocenters. The van der Waals surface area contributed by atoms with E-state index in [9.17, 15) is 18.0 Å². The molecule has 5 nitrogen and oxygen atoms in total. The molecular weight excluding hydrogens is 285 g/mol. The third-order valence-electron chi connectivity index (χ3n) is 3.78. The largest absolute Gasteiger partial charge is 0.391 e.